The van der Waals surface area contributed by atoms with Crippen molar-refractivity contribution in [2.45, 2.75) is 0 Å². The fourth-order valence-electron chi connectivity index (χ4n) is 2.50. The molecule has 7 heteroatoms. The molecule has 0 aromatic heterocycles. The molecule has 0 atom stereocenters. The maximum absolute atomic E-state index is 12.4. The average Bonchev–Trinajstić information content (AvgIpc) is 2.46. The van der Waals surface area contributed by atoms with Crippen LogP contribution in [-0.4, -0.2) is 38.0 Å². The Kier molecular flexibility index (Phi) is 2.68. The van der Waals surface area contributed by atoms with Crippen LogP contribution in [0.4, 0.5) is 0 Å². The summed E-state index contributed by atoms with van der Waals surface area (Å²) in [4.78, 5) is 35.9. The molecule has 7 nitrogen and oxygen atoms in total. The van der Waals surface area contributed by atoms with E-state index in [0.717, 1.165) is 0 Å². The molecule has 0 heterocycles. The number of benzene rings is 2. The number of hydrogen-bond donors (Lipinski definition) is 4. The first-order chi connectivity index (χ1) is 10.3. The molecule has 0 fully saturated rings. The smallest absolute Gasteiger partial charge is 0.339 e. The number of ketones is 2. The Morgan fingerprint density at radius 1 is 0.864 bits per heavy atom. The van der Waals surface area contributed by atoms with E-state index in [0.29, 0.717) is 6.07 Å². The van der Waals surface area contributed by atoms with E-state index in [1.165, 1.54) is 18.2 Å². The molecule has 22 heavy (non-hydrogen) atoms. The third kappa shape index (κ3) is 1.59. The van der Waals surface area contributed by atoms with E-state index in [4.69, 9.17) is 5.11 Å². The zero-order valence-electron chi connectivity index (χ0n) is 10.8. The van der Waals surface area contributed by atoms with E-state index in [9.17, 15) is 29.7 Å². The van der Waals surface area contributed by atoms with Crippen LogP contribution < -0.4 is 0 Å². The van der Waals surface area contributed by atoms with E-state index in [2.05, 4.69) is 0 Å². The fourth-order valence-corrected chi connectivity index (χ4v) is 2.50. The maximum atomic E-state index is 12.4. The van der Waals surface area contributed by atoms with E-state index in [1.54, 1.807) is 0 Å². The number of aromatic hydroxyl groups is 3. The minimum atomic E-state index is -1.56. The number of phenols is 3. The molecule has 0 aliphatic heterocycles. The van der Waals surface area contributed by atoms with Gasteiger partial charge in [-0.3, -0.25) is 9.59 Å². The SMILES string of the molecule is O=C(O)c1cc(O)c2c(c1O)C(=O)c1cccc(O)c1C2=O. The molecule has 1 aliphatic rings. The highest BCUT2D eigenvalue weighted by Gasteiger charge is 2.38. The number of rotatable bonds is 1. The van der Waals surface area contributed by atoms with E-state index >= 15 is 0 Å². The van der Waals surface area contributed by atoms with Crippen LogP contribution in [0.15, 0.2) is 24.3 Å². The molecule has 3 rings (SSSR count). The lowest BCUT2D eigenvalue weighted by Gasteiger charge is -2.20. The van der Waals surface area contributed by atoms with Crippen molar-refractivity contribution in [3.63, 3.8) is 0 Å². The quantitative estimate of drug-likeness (QED) is 0.497. The number of phenolic OH excluding ortho intramolecular Hbond substituents is 2. The van der Waals surface area contributed by atoms with Gasteiger partial charge >= 0.3 is 5.97 Å². The monoisotopic (exact) mass is 300 g/mol. The summed E-state index contributed by atoms with van der Waals surface area (Å²) in [6, 6.07) is 4.49. The number of carbonyl (C=O) groups excluding carboxylic acids is 2. The first-order valence-corrected chi connectivity index (χ1v) is 6.08. The van der Waals surface area contributed by atoms with Gasteiger partial charge in [0.15, 0.2) is 5.78 Å². The third-order valence-corrected chi connectivity index (χ3v) is 3.48. The van der Waals surface area contributed by atoms with Gasteiger partial charge in [0.05, 0.1) is 16.7 Å². The number of carboxylic acid groups (broad SMARTS) is 1. The Morgan fingerprint density at radius 2 is 1.55 bits per heavy atom. The summed E-state index contributed by atoms with van der Waals surface area (Å²) in [5.74, 6) is -5.37. The summed E-state index contributed by atoms with van der Waals surface area (Å²) in [6.45, 7) is 0. The number of aromatic carboxylic acids is 1. The molecule has 0 saturated carbocycles. The summed E-state index contributed by atoms with van der Waals surface area (Å²) in [5.41, 5.74) is -2.27. The minimum absolute atomic E-state index is 0.172. The van der Waals surface area contributed by atoms with Crippen LogP contribution in [0.2, 0.25) is 0 Å². The van der Waals surface area contributed by atoms with E-state index in [-0.39, 0.29) is 11.1 Å². The van der Waals surface area contributed by atoms with Crippen LogP contribution in [0.3, 0.4) is 0 Å². The summed E-state index contributed by atoms with van der Waals surface area (Å²) in [5, 5.41) is 38.6. The van der Waals surface area contributed by atoms with Crippen LogP contribution in [0, 0.1) is 0 Å². The number of hydrogen-bond acceptors (Lipinski definition) is 6. The molecule has 1 aliphatic carbocycles. The van der Waals surface area contributed by atoms with Gasteiger partial charge in [0.2, 0.25) is 5.78 Å². The van der Waals surface area contributed by atoms with Gasteiger partial charge in [0, 0.05) is 5.56 Å². The van der Waals surface area contributed by atoms with Gasteiger partial charge in [-0.15, -0.1) is 0 Å². The van der Waals surface area contributed by atoms with Gasteiger partial charge < -0.3 is 20.4 Å². The Morgan fingerprint density at radius 3 is 2.18 bits per heavy atom. The van der Waals surface area contributed by atoms with E-state index < -0.39 is 51.5 Å². The van der Waals surface area contributed by atoms with Crippen molar-refractivity contribution in [3.05, 3.63) is 52.1 Å². The average molecular weight is 300 g/mol. The molecule has 0 saturated heterocycles. The fraction of sp³-hybridized carbons (Fsp3) is 0. The highest BCUT2D eigenvalue weighted by atomic mass is 16.4. The van der Waals surface area contributed by atoms with Crippen molar-refractivity contribution in [1.82, 2.24) is 0 Å². The van der Waals surface area contributed by atoms with Crippen LogP contribution >= 0.6 is 0 Å². The van der Waals surface area contributed by atoms with Crippen molar-refractivity contribution < 1.29 is 34.8 Å². The molecule has 4 N–H and O–H groups in total. The largest absolute Gasteiger partial charge is 0.507 e. The van der Waals surface area contributed by atoms with Crippen LogP contribution in [0.1, 0.15) is 42.2 Å². The second-order valence-electron chi connectivity index (χ2n) is 4.70. The Hall–Kier alpha value is -3.35. The molecule has 0 unspecified atom stereocenters. The van der Waals surface area contributed by atoms with Crippen molar-refractivity contribution in [3.8, 4) is 17.2 Å². The Labute approximate surface area is 122 Å². The van der Waals surface area contributed by atoms with E-state index in [1.807, 2.05) is 0 Å². The highest BCUT2D eigenvalue weighted by Crippen LogP contribution is 2.41. The molecule has 0 spiro atoms. The first kappa shape index (κ1) is 13.6. The maximum Gasteiger partial charge on any atom is 0.339 e. The molecule has 0 bridgehead atoms. The van der Waals surface area contributed by atoms with Gasteiger partial charge in [-0.05, 0) is 12.1 Å². The number of carbonyl (C=O) groups is 3. The molecule has 0 amide bonds. The lowest BCUT2D eigenvalue weighted by atomic mass is 9.81. The molecular weight excluding hydrogens is 292 g/mol. The van der Waals surface area contributed by atoms with Crippen molar-refractivity contribution in [1.29, 1.82) is 0 Å². The predicted molar refractivity (Wildman–Crippen MR) is 71.7 cm³/mol. The van der Waals surface area contributed by atoms with Crippen LogP contribution in [0.25, 0.3) is 0 Å². The van der Waals surface area contributed by atoms with Gasteiger partial charge in [-0.1, -0.05) is 12.1 Å². The van der Waals surface area contributed by atoms with Gasteiger partial charge in [0.25, 0.3) is 0 Å². The predicted octanol–water partition coefficient (Wildman–Crippen LogP) is 1.28. The topological polar surface area (TPSA) is 132 Å². The highest BCUT2D eigenvalue weighted by molar-refractivity contribution is 6.31. The van der Waals surface area contributed by atoms with Crippen molar-refractivity contribution in [2.75, 3.05) is 0 Å². The van der Waals surface area contributed by atoms with Gasteiger partial charge in [-0.2, -0.15) is 0 Å². The summed E-state index contributed by atoms with van der Waals surface area (Å²) >= 11 is 0. The Bertz CT molecular complexity index is 880. The Balaban J connectivity index is 2.42. The molecule has 2 aromatic carbocycles. The minimum Gasteiger partial charge on any atom is -0.507 e. The first-order valence-electron chi connectivity index (χ1n) is 6.08. The summed E-state index contributed by atoms with van der Waals surface area (Å²) < 4.78 is 0. The molecule has 110 valence electrons. The molecule has 2 aromatic rings. The van der Waals surface area contributed by atoms with Gasteiger partial charge in [0.1, 0.15) is 22.8 Å². The number of carboxylic acids is 1. The summed E-state index contributed by atoms with van der Waals surface area (Å²) in [7, 11) is 0. The van der Waals surface area contributed by atoms with Crippen molar-refractivity contribution >= 4 is 17.5 Å². The second kappa shape index (κ2) is 4.32. The molecule has 0 radical (unpaired) electrons. The normalized spacial score (nSPS) is 12.7. The zero-order chi connectivity index (χ0) is 16.2. The van der Waals surface area contributed by atoms with Gasteiger partial charge in [-0.25, -0.2) is 4.79 Å². The number of fused-ring (bicyclic) bond motifs is 2. The lowest BCUT2D eigenvalue weighted by molar-refractivity contribution is 0.0692. The lowest BCUT2D eigenvalue weighted by Crippen LogP contribution is -2.22. The third-order valence-electron chi connectivity index (χ3n) is 3.48. The van der Waals surface area contributed by atoms with Crippen LogP contribution in [0.5, 0.6) is 17.2 Å². The zero-order valence-corrected chi connectivity index (χ0v) is 10.8. The standard InChI is InChI=1S/C15H8O7/c16-7-3-1-2-5-9(7)14(20)10-8(17)4-6(15(21)22)13(19)11(10)12(5)18/h1-4,16-17,19H,(H,21,22). The van der Waals surface area contributed by atoms with Crippen molar-refractivity contribution in [2.24, 2.45) is 0 Å². The summed E-state index contributed by atoms with van der Waals surface area (Å²) in [6.07, 6.45) is 0. The molecular formula is C15H8O7. The van der Waals surface area contributed by atoms with Crippen LogP contribution in [-0.2, 0) is 0 Å². The second-order valence-corrected chi connectivity index (χ2v) is 4.70.